The number of ketones is 1. The first-order chi connectivity index (χ1) is 9.90. The molecular formula is C14H16Br2N4O. The number of halogens is 2. The summed E-state index contributed by atoms with van der Waals surface area (Å²) in [5, 5.41) is 4.26. The highest BCUT2D eigenvalue weighted by Crippen LogP contribution is 2.25. The topological polar surface area (TPSA) is 64.2 Å². The first-order valence-corrected chi connectivity index (χ1v) is 7.94. The minimum Gasteiger partial charge on any atom is -0.398 e. The molecule has 0 aliphatic rings. The molecular weight excluding hydrogens is 400 g/mol. The number of carbonyl (C=O) groups excluding carboxylic acids is 1. The molecule has 0 radical (unpaired) electrons. The van der Waals surface area contributed by atoms with Crippen molar-refractivity contribution in [3.05, 3.63) is 44.6 Å². The summed E-state index contributed by atoms with van der Waals surface area (Å²) in [6, 6.07) is 5.25. The fourth-order valence-electron chi connectivity index (χ4n) is 1.91. The lowest BCUT2D eigenvalue weighted by molar-refractivity contribution is 0.102. The summed E-state index contributed by atoms with van der Waals surface area (Å²) in [6.07, 6.45) is 1.64. The molecule has 0 aliphatic carbocycles. The van der Waals surface area contributed by atoms with Crippen LogP contribution in [0.4, 0.5) is 5.69 Å². The van der Waals surface area contributed by atoms with Gasteiger partial charge in [-0.15, -0.1) is 0 Å². The zero-order chi connectivity index (χ0) is 15.6. The van der Waals surface area contributed by atoms with Crippen molar-refractivity contribution in [1.82, 2.24) is 14.7 Å². The maximum Gasteiger partial charge on any atom is 0.214 e. The van der Waals surface area contributed by atoms with E-state index < -0.39 is 0 Å². The predicted molar refractivity (Wildman–Crippen MR) is 90.5 cm³/mol. The molecule has 0 fully saturated rings. The number of anilines is 1. The lowest BCUT2D eigenvalue weighted by atomic mass is 10.1. The molecule has 0 bridgehead atoms. The van der Waals surface area contributed by atoms with Crippen LogP contribution in [0.15, 0.2) is 33.3 Å². The molecule has 2 aromatic rings. The summed E-state index contributed by atoms with van der Waals surface area (Å²) in [4.78, 5) is 14.8. The molecule has 0 saturated carbocycles. The summed E-state index contributed by atoms with van der Waals surface area (Å²) in [6.45, 7) is 1.43. The fourth-order valence-corrected chi connectivity index (χ4v) is 2.74. The highest BCUT2D eigenvalue weighted by atomic mass is 79.9. The van der Waals surface area contributed by atoms with Crippen LogP contribution >= 0.6 is 31.9 Å². The van der Waals surface area contributed by atoms with E-state index in [4.69, 9.17) is 5.73 Å². The maximum atomic E-state index is 12.8. The molecule has 2 N–H and O–H groups in total. The van der Waals surface area contributed by atoms with Gasteiger partial charge >= 0.3 is 0 Å². The van der Waals surface area contributed by atoms with E-state index >= 15 is 0 Å². The van der Waals surface area contributed by atoms with E-state index in [1.165, 1.54) is 0 Å². The van der Waals surface area contributed by atoms with Crippen molar-refractivity contribution in [2.45, 2.75) is 6.54 Å². The summed E-state index contributed by atoms with van der Waals surface area (Å²) < 4.78 is 3.19. The quantitative estimate of drug-likeness (QED) is 0.602. The molecule has 1 aromatic carbocycles. The third-order valence-corrected chi connectivity index (χ3v) is 4.10. The summed E-state index contributed by atoms with van der Waals surface area (Å²) in [5.74, 6) is -0.142. The molecule has 0 aliphatic heterocycles. The zero-order valence-corrected chi connectivity index (χ0v) is 15.0. The zero-order valence-electron chi connectivity index (χ0n) is 11.8. The second-order valence-corrected chi connectivity index (χ2v) is 6.70. The molecule has 1 aromatic heterocycles. The molecule has 0 spiro atoms. The Morgan fingerprint density at radius 3 is 2.76 bits per heavy atom. The molecule has 7 heteroatoms. The molecule has 112 valence electrons. The molecule has 0 amide bonds. The van der Waals surface area contributed by atoms with Crippen molar-refractivity contribution in [2.75, 3.05) is 26.4 Å². The van der Waals surface area contributed by atoms with Crippen LogP contribution in [0.2, 0.25) is 0 Å². The fraction of sp³-hybridized carbons (Fsp3) is 0.286. The van der Waals surface area contributed by atoms with E-state index in [-0.39, 0.29) is 5.78 Å². The number of benzene rings is 1. The summed E-state index contributed by atoms with van der Waals surface area (Å²) in [5.41, 5.74) is 7.36. The molecule has 1 heterocycles. The van der Waals surface area contributed by atoms with Gasteiger partial charge in [0.1, 0.15) is 5.69 Å². The Kier molecular flexibility index (Phi) is 5.18. The van der Waals surface area contributed by atoms with Crippen LogP contribution in [0.25, 0.3) is 0 Å². The maximum absolute atomic E-state index is 12.8. The highest BCUT2D eigenvalue weighted by Gasteiger charge is 2.21. The first kappa shape index (κ1) is 16.2. The molecule has 0 unspecified atom stereocenters. The summed E-state index contributed by atoms with van der Waals surface area (Å²) >= 11 is 6.76. The van der Waals surface area contributed by atoms with Gasteiger partial charge < -0.3 is 10.6 Å². The Balaban J connectivity index is 2.39. The van der Waals surface area contributed by atoms with Crippen molar-refractivity contribution in [1.29, 1.82) is 0 Å². The van der Waals surface area contributed by atoms with Gasteiger partial charge in [0.15, 0.2) is 0 Å². The number of hydrogen-bond donors (Lipinski definition) is 1. The van der Waals surface area contributed by atoms with Crippen LogP contribution in [0, 0.1) is 0 Å². The van der Waals surface area contributed by atoms with Crippen LogP contribution in [0.1, 0.15) is 16.1 Å². The lowest BCUT2D eigenvalue weighted by Gasteiger charge is -2.12. The van der Waals surface area contributed by atoms with Crippen molar-refractivity contribution in [2.24, 2.45) is 0 Å². The van der Waals surface area contributed by atoms with Crippen molar-refractivity contribution in [3.63, 3.8) is 0 Å². The number of nitrogens with zero attached hydrogens (tertiary/aromatic N) is 3. The van der Waals surface area contributed by atoms with E-state index in [9.17, 15) is 4.79 Å². The van der Waals surface area contributed by atoms with Gasteiger partial charge in [-0.05, 0) is 48.2 Å². The van der Waals surface area contributed by atoms with E-state index in [2.05, 4.69) is 37.0 Å². The molecule has 0 saturated heterocycles. The molecule has 0 atom stereocenters. The van der Waals surface area contributed by atoms with Gasteiger partial charge in [-0.3, -0.25) is 9.48 Å². The second-order valence-electron chi connectivity index (χ2n) is 4.93. The number of carbonyl (C=O) groups is 1. The number of likely N-dealkylation sites (N-methyl/N-ethyl adjacent to an activating group) is 1. The van der Waals surface area contributed by atoms with Crippen LogP contribution in [0.5, 0.6) is 0 Å². The second kappa shape index (κ2) is 6.72. The van der Waals surface area contributed by atoms with Crippen LogP contribution in [-0.2, 0) is 6.54 Å². The average Bonchev–Trinajstić information content (AvgIpc) is 2.79. The number of hydrogen-bond acceptors (Lipinski definition) is 4. The van der Waals surface area contributed by atoms with Crippen molar-refractivity contribution >= 4 is 43.3 Å². The average molecular weight is 416 g/mol. The third-order valence-electron chi connectivity index (χ3n) is 3.03. The van der Waals surface area contributed by atoms with E-state index in [0.717, 1.165) is 11.0 Å². The number of nitrogen functional groups attached to an aromatic ring is 1. The van der Waals surface area contributed by atoms with Crippen LogP contribution in [0.3, 0.4) is 0 Å². The van der Waals surface area contributed by atoms with Gasteiger partial charge in [-0.1, -0.05) is 15.9 Å². The Morgan fingerprint density at radius 2 is 2.10 bits per heavy atom. The third kappa shape index (κ3) is 3.72. The van der Waals surface area contributed by atoms with Crippen LogP contribution in [-0.4, -0.2) is 41.1 Å². The molecule has 21 heavy (non-hydrogen) atoms. The Labute approximate surface area is 140 Å². The van der Waals surface area contributed by atoms with Gasteiger partial charge in [0, 0.05) is 22.3 Å². The predicted octanol–water partition coefficient (Wildman–Crippen LogP) is 2.78. The largest absolute Gasteiger partial charge is 0.398 e. The van der Waals surface area contributed by atoms with E-state index in [0.29, 0.717) is 28.0 Å². The smallest absolute Gasteiger partial charge is 0.214 e. The Bertz CT molecular complexity index is 667. The molecule has 5 nitrogen and oxygen atoms in total. The summed E-state index contributed by atoms with van der Waals surface area (Å²) in [7, 11) is 3.96. The van der Waals surface area contributed by atoms with Gasteiger partial charge in [0.25, 0.3) is 0 Å². The monoisotopic (exact) mass is 414 g/mol. The van der Waals surface area contributed by atoms with Crippen molar-refractivity contribution in [3.8, 4) is 0 Å². The minimum absolute atomic E-state index is 0.142. The first-order valence-electron chi connectivity index (χ1n) is 6.36. The molecule has 2 rings (SSSR count). The normalized spacial score (nSPS) is 11.1. The van der Waals surface area contributed by atoms with E-state index in [1.807, 2.05) is 25.1 Å². The van der Waals surface area contributed by atoms with Crippen molar-refractivity contribution < 1.29 is 4.79 Å². The minimum atomic E-state index is -0.142. The van der Waals surface area contributed by atoms with Gasteiger partial charge in [-0.2, -0.15) is 5.10 Å². The van der Waals surface area contributed by atoms with Gasteiger partial charge in [0.05, 0.1) is 17.2 Å². The number of aromatic nitrogens is 2. The Morgan fingerprint density at radius 1 is 1.38 bits per heavy atom. The number of rotatable bonds is 5. The van der Waals surface area contributed by atoms with Crippen LogP contribution < -0.4 is 5.73 Å². The number of nitrogens with two attached hydrogens (primary N) is 1. The highest BCUT2D eigenvalue weighted by molar-refractivity contribution is 9.10. The lowest BCUT2D eigenvalue weighted by Crippen LogP contribution is -2.22. The Hall–Kier alpha value is -1.18. The van der Waals surface area contributed by atoms with Gasteiger partial charge in [0.2, 0.25) is 5.78 Å². The SMILES string of the molecule is CN(C)CCn1ncc(Br)c1C(=O)c1cc(Br)ccc1N. The standard InChI is InChI=1S/C14H16Br2N4O/c1-19(2)5-6-20-13(11(16)8-18-20)14(21)10-7-9(15)3-4-12(10)17/h3-4,7-8H,5-6,17H2,1-2H3. The van der Waals surface area contributed by atoms with E-state index in [1.54, 1.807) is 23.0 Å². The van der Waals surface area contributed by atoms with Gasteiger partial charge in [-0.25, -0.2) is 0 Å².